The summed E-state index contributed by atoms with van der Waals surface area (Å²) < 4.78 is 26.5. The van der Waals surface area contributed by atoms with E-state index in [9.17, 15) is 8.78 Å². The summed E-state index contributed by atoms with van der Waals surface area (Å²) in [5.41, 5.74) is 10.4. The average Bonchev–Trinajstić information content (AvgIpc) is 2.68. The Labute approximate surface area is 87.3 Å². The molecule has 0 atom stereocenters. The summed E-state index contributed by atoms with van der Waals surface area (Å²) >= 11 is 0. The molecule has 15 heavy (non-hydrogen) atoms. The molecule has 1 aromatic rings. The molecule has 0 aromatic heterocycles. The van der Waals surface area contributed by atoms with Crippen molar-refractivity contribution in [1.29, 1.82) is 0 Å². The molecule has 2 aliphatic rings. The Morgan fingerprint density at radius 3 is 2.67 bits per heavy atom. The van der Waals surface area contributed by atoms with Crippen molar-refractivity contribution in [2.75, 3.05) is 5.73 Å². The fraction of sp³-hybridized carbons (Fsp3) is 0.500. The number of hydrogen-bond donors (Lipinski definition) is 1. The highest BCUT2D eigenvalue weighted by Gasteiger charge is 2.39. The molecule has 1 aromatic carbocycles. The van der Waals surface area contributed by atoms with E-state index in [4.69, 9.17) is 5.73 Å². The van der Waals surface area contributed by atoms with Gasteiger partial charge < -0.3 is 5.73 Å². The second kappa shape index (κ2) is 2.71. The third kappa shape index (κ3) is 1.25. The van der Waals surface area contributed by atoms with Crippen molar-refractivity contribution in [3.63, 3.8) is 0 Å². The van der Waals surface area contributed by atoms with Crippen molar-refractivity contribution >= 4 is 5.69 Å². The van der Waals surface area contributed by atoms with Crippen LogP contribution in [0.1, 0.15) is 28.7 Å². The third-order valence-electron chi connectivity index (χ3n) is 3.53. The lowest BCUT2D eigenvalue weighted by atomic mass is 9.99. The summed E-state index contributed by atoms with van der Waals surface area (Å²) in [5, 5.41) is 0. The van der Waals surface area contributed by atoms with Gasteiger partial charge in [-0.1, -0.05) is 6.07 Å². The minimum Gasteiger partial charge on any atom is -0.398 e. The maximum atomic E-state index is 13.2. The highest BCUT2D eigenvalue weighted by molar-refractivity contribution is 5.63. The molecule has 0 fully saturated rings. The van der Waals surface area contributed by atoms with E-state index in [0.717, 1.165) is 30.4 Å². The second-order valence-electron chi connectivity index (χ2n) is 4.63. The van der Waals surface area contributed by atoms with Crippen LogP contribution in [0.25, 0.3) is 0 Å². The van der Waals surface area contributed by atoms with Crippen LogP contribution in [0.2, 0.25) is 0 Å². The van der Waals surface area contributed by atoms with Crippen LogP contribution in [0.3, 0.4) is 0 Å². The van der Waals surface area contributed by atoms with E-state index in [1.54, 1.807) is 0 Å². The molecular formula is C12H13F2N. The molecule has 0 amide bonds. The normalized spacial score (nSPS) is 21.5. The number of nitrogens with two attached hydrogens (primary N) is 1. The van der Waals surface area contributed by atoms with Crippen molar-refractivity contribution in [2.24, 2.45) is 0 Å². The van der Waals surface area contributed by atoms with Gasteiger partial charge in [-0.2, -0.15) is 0 Å². The van der Waals surface area contributed by atoms with E-state index < -0.39 is 5.92 Å². The van der Waals surface area contributed by atoms with Gasteiger partial charge >= 0.3 is 0 Å². The topological polar surface area (TPSA) is 26.0 Å². The lowest BCUT2D eigenvalue weighted by Gasteiger charge is -2.09. The van der Waals surface area contributed by atoms with Gasteiger partial charge in [-0.25, -0.2) is 8.78 Å². The quantitative estimate of drug-likeness (QED) is 0.653. The van der Waals surface area contributed by atoms with Crippen LogP contribution in [0, 0.1) is 0 Å². The number of aryl methyl sites for hydroxylation is 1. The van der Waals surface area contributed by atoms with Gasteiger partial charge in [0.25, 0.3) is 5.92 Å². The van der Waals surface area contributed by atoms with Crippen LogP contribution in [-0.4, -0.2) is 5.92 Å². The molecule has 2 aliphatic carbocycles. The van der Waals surface area contributed by atoms with E-state index in [1.807, 2.05) is 6.07 Å². The van der Waals surface area contributed by atoms with Gasteiger partial charge in [-0.3, -0.25) is 0 Å². The Bertz CT molecular complexity index is 438. The van der Waals surface area contributed by atoms with Crippen molar-refractivity contribution in [1.82, 2.24) is 0 Å². The zero-order chi connectivity index (χ0) is 10.6. The minimum absolute atomic E-state index is 0.125. The molecule has 80 valence electrons. The van der Waals surface area contributed by atoms with E-state index in [2.05, 4.69) is 0 Å². The number of alkyl halides is 2. The molecule has 2 N–H and O–H groups in total. The van der Waals surface area contributed by atoms with Crippen LogP contribution in [0.5, 0.6) is 0 Å². The molecule has 1 nitrogen and oxygen atoms in total. The van der Waals surface area contributed by atoms with Crippen LogP contribution in [0.4, 0.5) is 14.5 Å². The third-order valence-corrected chi connectivity index (χ3v) is 3.53. The number of halogens is 2. The molecule has 0 radical (unpaired) electrons. The maximum absolute atomic E-state index is 13.2. The lowest BCUT2D eigenvalue weighted by Crippen LogP contribution is -2.15. The number of rotatable bonds is 0. The zero-order valence-electron chi connectivity index (χ0n) is 8.45. The molecule has 0 aliphatic heterocycles. The average molecular weight is 209 g/mol. The van der Waals surface area contributed by atoms with Gasteiger partial charge in [0.05, 0.1) is 0 Å². The van der Waals surface area contributed by atoms with Gasteiger partial charge in [0.1, 0.15) is 0 Å². The Morgan fingerprint density at radius 1 is 1.07 bits per heavy atom. The van der Waals surface area contributed by atoms with E-state index in [0.29, 0.717) is 11.3 Å². The van der Waals surface area contributed by atoms with Crippen LogP contribution >= 0.6 is 0 Å². The summed E-state index contributed by atoms with van der Waals surface area (Å²) in [6.45, 7) is 0. The van der Waals surface area contributed by atoms with Gasteiger partial charge in [0.15, 0.2) is 0 Å². The molecule has 3 heteroatoms. The van der Waals surface area contributed by atoms with E-state index in [1.165, 1.54) is 5.56 Å². The largest absolute Gasteiger partial charge is 0.398 e. The standard InChI is InChI=1S/C12H13F2N/c13-12(14)5-8-4-7-2-1-3-9(7)11(15)10(8)6-12/h4H,1-3,5-6,15H2. The molecule has 0 spiro atoms. The summed E-state index contributed by atoms with van der Waals surface area (Å²) in [6.07, 6.45) is 2.78. The summed E-state index contributed by atoms with van der Waals surface area (Å²) in [7, 11) is 0. The molecule has 0 saturated carbocycles. The summed E-state index contributed by atoms with van der Waals surface area (Å²) in [5.74, 6) is -2.58. The second-order valence-corrected chi connectivity index (χ2v) is 4.63. The van der Waals surface area contributed by atoms with E-state index >= 15 is 0 Å². The highest BCUT2D eigenvalue weighted by Crippen LogP contribution is 2.41. The Hall–Kier alpha value is -1.12. The van der Waals surface area contributed by atoms with Gasteiger partial charge in [-0.05, 0) is 41.5 Å². The van der Waals surface area contributed by atoms with Crippen molar-refractivity contribution in [3.8, 4) is 0 Å². The minimum atomic E-state index is -2.58. The smallest absolute Gasteiger partial charge is 0.256 e. The summed E-state index contributed by atoms with van der Waals surface area (Å²) in [6, 6.07) is 1.95. The molecule has 0 heterocycles. The van der Waals surface area contributed by atoms with Crippen molar-refractivity contribution in [3.05, 3.63) is 28.3 Å². The van der Waals surface area contributed by atoms with Gasteiger partial charge in [0, 0.05) is 18.5 Å². The van der Waals surface area contributed by atoms with Crippen molar-refractivity contribution in [2.45, 2.75) is 38.0 Å². The molecule has 0 saturated heterocycles. The summed E-state index contributed by atoms with van der Waals surface area (Å²) in [4.78, 5) is 0. The lowest BCUT2D eigenvalue weighted by molar-refractivity contribution is 0.0131. The Kier molecular flexibility index (Phi) is 1.65. The number of fused-ring (bicyclic) bond motifs is 2. The highest BCUT2D eigenvalue weighted by atomic mass is 19.3. The fourth-order valence-electron chi connectivity index (χ4n) is 2.85. The van der Waals surface area contributed by atoms with Crippen LogP contribution in [0.15, 0.2) is 6.07 Å². The number of anilines is 1. The Balaban J connectivity index is 2.17. The first-order valence-corrected chi connectivity index (χ1v) is 5.37. The van der Waals surface area contributed by atoms with Crippen LogP contribution in [-0.2, 0) is 25.7 Å². The predicted molar refractivity (Wildman–Crippen MR) is 55.2 cm³/mol. The van der Waals surface area contributed by atoms with E-state index in [-0.39, 0.29) is 12.8 Å². The Morgan fingerprint density at radius 2 is 1.87 bits per heavy atom. The first-order chi connectivity index (χ1) is 7.07. The SMILES string of the molecule is Nc1c2c(cc3c1CC(F)(F)C3)CCC2. The fourth-order valence-corrected chi connectivity index (χ4v) is 2.85. The number of benzene rings is 1. The predicted octanol–water partition coefficient (Wildman–Crippen LogP) is 2.49. The first kappa shape index (κ1) is 9.13. The van der Waals surface area contributed by atoms with Crippen molar-refractivity contribution < 1.29 is 8.78 Å². The maximum Gasteiger partial charge on any atom is 0.256 e. The number of nitrogen functional groups attached to an aromatic ring is 1. The zero-order valence-corrected chi connectivity index (χ0v) is 8.45. The molecule has 3 rings (SSSR count). The molecule has 0 bridgehead atoms. The number of hydrogen-bond acceptors (Lipinski definition) is 1. The first-order valence-electron chi connectivity index (χ1n) is 5.37. The van der Waals surface area contributed by atoms with Crippen LogP contribution < -0.4 is 5.73 Å². The monoisotopic (exact) mass is 209 g/mol. The molecule has 0 unspecified atom stereocenters. The van der Waals surface area contributed by atoms with Gasteiger partial charge in [0.2, 0.25) is 0 Å². The van der Waals surface area contributed by atoms with Gasteiger partial charge in [-0.15, -0.1) is 0 Å². The molecular weight excluding hydrogens is 196 g/mol.